The van der Waals surface area contributed by atoms with E-state index in [2.05, 4.69) is 10.3 Å². The number of nitrogens with one attached hydrogen (secondary N) is 1. The number of ether oxygens (including phenoxy) is 2. The normalized spacial score (nSPS) is 15.2. The molecule has 0 spiro atoms. The van der Waals surface area contributed by atoms with Crippen LogP contribution < -0.4 is 10.1 Å². The minimum Gasteiger partial charge on any atom is -0.486 e. The Hall–Kier alpha value is -4.32. The van der Waals surface area contributed by atoms with Crippen LogP contribution >= 0.6 is 0 Å². The van der Waals surface area contributed by atoms with Crippen LogP contribution in [0, 0.1) is 31.3 Å². The van der Waals surface area contributed by atoms with Crippen molar-refractivity contribution < 1.29 is 40.6 Å². The number of rotatable bonds is 8. The molecule has 0 unspecified atom stereocenters. The van der Waals surface area contributed by atoms with Crippen LogP contribution in [0.1, 0.15) is 35.2 Å². The molecule has 0 bridgehead atoms. The van der Waals surface area contributed by atoms with Gasteiger partial charge in [0, 0.05) is 28.9 Å². The number of carbonyl (C=O) groups is 1. The number of alkyl halides is 3. The van der Waals surface area contributed by atoms with Gasteiger partial charge in [-0.05, 0) is 69.6 Å². The maximum absolute atomic E-state index is 15.6. The second-order valence-corrected chi connectivity index (χ2v) is 11.1. The highest BCUT2D eigenvalue weighted by atomic mass is 19.4. The predicted octanol–water partition coefficient (Wildman–Crippen LogP) is 7.62. The van der Waals surface area contributed by atoms with E-state index in [4.69, 9.17) is 9.47 Å². The molecule has 12 heteroatoms. The molecule has 1 fully saturated rings. The number of nitrogens with zero attached hydrogens (tertiary/aromatic N) is 2. The van der Waals surface area contributed by atoms with Crippen molar-refractivity contribution in [2.75, 3.05) is 38.7 Å². The molecule has 0 radical (unpaired) electrons. The van der Waals surface area contributed by atoms with Gasteiger partial charge in [0.25, 0.3) is 0 Å². The lowest BCUT2D eigenvalue weighted by Crippen LogP contribution is -2.48. The van der Waals surface area contributed by atoms with Gasteiger partial charge in [0.05, 0.1) is 23.6 Å². The third kappa shape index (κ3) is 6.28. The summed E-state index contributed by atoms with van der Waals surface area (Å²) in [5.74, 6) is -4.75. The number of halogens is 6. The van der Waals surface area contributed by atoms with E-state index in [0.717, 1.165) is 12.1 Å². The highest BCUT2D eigenvalue weighted by Gasteiger charge is 2.44. The van der Waals surface area contributed by atoms with Crippen LogP contribution in [0.15, 0.2) is 54.6 Å². The van der Waals surface area contributed by atoms with E-state index < -0.39 is 57.6 Å². The molecule has 0 aliphatic carbocycles. The van der Waals surface area contributed by atoms with Crippen molar-refractivity contribution in [3.05, 3.63) is 94.4 Å². The van der Waals surface area contributed by atoms with E-state index in [1.165, 1.54) is 26.2 Å². The summed E-state index contributed by atoms with van der Waals surface area (Å²) in [6, 6.07) is 13.2. The minimum absolute atomic E-state index is 0.152. The average Bonchev–Trinajstić information content (AvgIpc) is 3.03. The zero-order valence-corrected chi connectivity index (χ0v) is 24.8. The van der Waals surface area contributed by atoms with Gasteiger partial charge in [-0.1, -0.05) is 30.3 Å². The molecule has 1 aliphatic heterocycles. The number of esters is 1. The van der Waals surface area contributed by atoms with Gasteiger partial charge in [-0.2, -0.15) is 13.2 Å². The third-order valence-electron chi connectivity index (χ3n) is 8.30. The Bertz CT molecular complexity index is 1720. The number of benzene rings is 3. The first-order valence-corrected chi connectivity index (χ1v) is 14.3. The Labute approximate surface area is 256 Å². The van der Waals surface area contributed by atoms with Crippen LogP contribution in [0.5, 0.6) is 5.75 Å². The van der Waals surface area contributed by atoms with Crippen molar-refractivity contribution in [2.24, 2.45) is 0 Å². The maximum Gasteiger partial charge on any atom is 0.416 e. The molecule has 0 amide bonds. The Morgan fingerprint density at radius 1 is 0.978 bits per heavy atom. The topological polar surface area (TPSA) is 63.7 Å². The number of anilines is 2. The first-order chi connectivity index (χ1) is 21.4. The van der Waals surface area contributed by atoms with Crippen molar-refractivity contribution >= 4 is 28.2 Å². The lowest BCUT2D eigenvalue weighted by atomic mass is 9.72. The van der Waals surface area contributed by atoms with E-state index in [9.17, 15) is 18.0 Å². The van der Waals surface area contributed by atoms with Crippen LogP contribution in [0.4, 0.5) is 37.7 Å². The largest absolute Gasteiger partial charge is 0.486 e. The molecular formula is C33H31F6N3O3. The number of piperidine rings is 1. The van der Waals surface area contributed by atoms with E-state index in [0.29, 0.717) is 40.9 Å². The SMILES string of the molecule is COC(=O)C1(c2ccc(C(F)(F)F)cc2)CCN(CCOc2c(F)c(C)c(F)c(Nc3cc(C)nc4ccccc34)c2F)CC1. The second-order valence-electron chi connectivity index (χ2n) is 11.1. The van der Waals surface area contributed by atoms with E-state index in [1.54, 1.807) is 37.3 Å². The lowest BCUT2D eigenvalue weighted by molar-refractivity contribution is -0.149. The fourth-order valence-corrected chi connectivity index (χ4v) is 5.76. The number of aryl methyl sites for hydroxylation is 1. The van der Waals surface area contributed by atoms with Crippen LogP contribution in [0.3, 0.4) is 0 Å². The fourth-order valence-electron chi connectivity index (χ4n) is 5.76. The number of carbonyl (C=O) groups excluding carboxylic acids is 1. The van der Waals surface area contributed by atoms with Gasteiger partial charge in [0.15, 0.2) is 23.2 Å². The summed E-state index contributed by atoms with van der Waals surface area (Å²) >= 11 is 0. The minimum atomic E-state index is -4.51. The summed E-state index contributed by atoms with van der Waals surface area (Å²) in [5, 5.41) is 3.39. The summed E-state index contributed by atoms with van der Waals surface area (Å²) in [7, 11) is 1.23. The Balaban J connectivity index is 1.29. The predicted molar refractivity (Wildman–Crippen MR) is 157 cm³/mol. The second kappa shape index (κ2) is 12.6. The molecule has 2 heterocycles. The van der Waals surface area contributed by atoms with Crippen molar-refractivity contribution in [2.45, 2.75) is 38.3 Å². The molecule has 0 saturated carbocycles. The van der Waals surface area contributed by atoms with Crippen LogP contribution in [-0.4, -0.2) is 49.2 Å². The number of hydrogen-bond donors (Lipinski definition) is 1. The van der Waals surface area contributed by atoms with Crippen LogP contribution in [-0.2, 0) is 21.1 Å². The molecule has 1 N–H and O–H groups in total. The molecule has 0 atom stereocenters. The summed E-state index contributed by atoms with van der Waals surface area (Å²) in [6.07, 6.45) is -4.01. The van der Waals surface area contributed by atoms with E-state index in [1.807, 2.05) is 4.90 Å². The van der Waals surface area contributed by atoms with Gasteiger partial charge >= 0.3 is 12.1 Å². The van der Waals surface area contributed by atoms with E-state index in [-0.39, 0.29) is 26.0 Å². The maximum atomic E-state index is 15.6. The van der Waals surface area contributed by atoms with Gasteiger partial charge in [-0.15, -0.1) is 0 Å². The number of fused-ring (bicyclic) bond motifs is 1. The number of hydrogen-bond acceptors (Lipinski definition) is 6. The summed E-state index contributed by atoms with van der Waals surface area (Å²) in [5.41, 5.74) is -0.893. The Kier molecular flexibility index (Phi) is 8.97. The molecular weight excluding hydrogens is 600 g/mol. The molecule has 238 valence electrons. The third-order valence-corrected chi connectivity index (χ3v) is 8.30. The number of methoxy groups -OCH3 is 1. The Morgan fingerprint density at radius 3 is 2.29 bits per heavy atom. The fraction of sp³-hybridized carbons (Fsp3) is 0.333. The molecule has 4 aromatic rings. The first kappa shape index (κ1) is 32.1. The molecule has 1 aromatic heterocycles. The Morgan fingerprint density at radius 2 is 1.64 bits per heavy atom. The number of pyridine rings is 1. The number of likely N-dealkylation sites (tertiary alicyclic amines) is 1. The van der Waals surface area contributed by atoms with Gasteiger partial charge in [-0.3, -0.25) is 14.7 Å². The van der Waals surface area contributed by atoms with Crippen LogP contribution in [0.25, 0.3) is 10.9 Å². The zero-order valence-electron chi connectivity index (χ0n) is 24.8. The van der Waals surface area contributed by atoms with Crippen LogP contribution in [0.2, 0.25) is 0 Å². The summed E-state index contributed by atoms with van der Waals surface area (Å²) in [6.45, 7) is 3.68. The lowest BCUT2D eigenvalue weighted by Gasteiger charge is -2.40. The van der Waals surface area contributed by atoms with Gasteiger partial charge in [0.1, 0.15) is 12.3 Å². The van der Waals surface area contributed by atoms with Gasteiger partial charge in [-0.25, -0.2) is 13.2 Å². The molecule has 3 aromatic carbocycles. The smallest absolute Gasteiger partial charge is 0.416 e. The van der Waals surface area contributed by atoms with Gasteiger partial charge in [0.2, 0.25) is 0 Å². The highest BCUT2D eigenvalue weighted by molar-refractivity contribution is 5.93. The highest BCUT2D eigenvalue weighted by Crippen LogP contribution is 2.40. The first-order valence-electron chi connectivity index (χ1n) is 14.3. The standard InChI is InChI=1S/C33H31F6N3O3/c1-19-18-25(23-6-4-5-7-24(23)40-19)41-29-26(34)20(2)27(35)30(28(29)36)45-17-16-42-14-12-32(13-15-42,31(43)44-3)21-8-10-22(11-9-21)33(37,38)39/h4-11,18H,12-17H2,1-3H3,(H,40,41). The van der Waals surface area contributed by atoms with Crippen molar-refractivity contribution in [1.82, 2.24) is 9.88 Å². The summed E-state index contributed by atoms with van der Waals surface area (Å²) < 4.78 is 95.7. The number of aromatic nitrogens is 1. The number of para-hydroxylation sites is 1. The zero-order chi connectivity index (χ0) is 32.5. The van der Waals surface area contributed by atoms with E-state index >= 15 is 13.2 Å². The monoisotopic (exact) mass is 631 g/mol. The molecule has 1 saturated heterocycles. The van der Waals surface area contributed by atoms with Crippen molar-refractivity contribution in [3.63, 3.8) is 0 Å². The molecule has 6 nitrogen and oxygen atoms in total. The van der Waals surface area contributed by atoms with Gasteiger partial charge < -0.3 is 14.8 Å². The van der Waals surface area contributed by atoms with Crippen molar-refractivity contribution in [3.8, 4) is 5.75 Å². The molecule has 5 rings (SSSR count). The average molecular weight is 632 g/mol. The summed E-state index contributed by atoms with van der Waals surface area (Å²) in [4.78, 5) is 19.2. The molecule has 45 heavy (non-hydrogen) atoms. The van der Waals surface area contributed by atoms with Crippen molar-refractivity contribution in [1.29, 1.82) is 0 Å². The molecule has 1 aliphatic rings. The quantitative estimate of drug-likeness (QED) is 0.160.